The topological polar surface area (TPSA) is 27.7 Å². The Morgan fingerprint density at radius 3 is 2.64 bits per heavy atom. The van der Waals surface area contributed by atoms with Crippen molar-refractivity contribution in [2.75, 3.05) is 44.7 Å². The molecule has 0 radical (unpaired) electrons. The molecule has 0 bridgehead atoms. The molecule has 4 nitrogen and oxygen atoms in total. The molecule has 1 saturated heterocycles. The summed E-state index contributed by atoms with van der Waals surface area (Å²) in [5, 5.41) is 5.41. The molecule has 1 N–H and O–H groups in total. The van der Waals surface area contributed by atoms with Crippen molar-refractivity contribution in [3.63, 3.8) is 0 Å². The van der Waals surface area contributed by atoms with Crippen molar-refractivity contribution < 1.29 is 4.74 Å². The van der Waals surface area contributed by atoms with Crippen molar-refractivity contribution in [3.05, 3.63) is 64.1 Å². The van der Waals surface area contributed by atoms with Gasteiger partial charge in [0.25, 0.3) is 0 Å². The third kappa shape index (κ3) is 6.61. The molecule has 0 atom stereocenters. The van der Waals surface area contributed by atoms with Crippen LogP contribution in [0.5, 0.6) is 0 Å². The Morgan fingerprint density at radius 1 is 1.11 bits per heavy atom. The van der Waals surface area contributed by atoms with Crippen LogP contribution in [0.15, 0.2) is 48.5 Å². The van der Waals surface area contributed by atoms with E-state index in [9.17, 15) is 0 Å². The van der Waals surface area contributed by atoms with Gasteiger partial charge in [-0.2, -0.15) is 0 Å². The highest BCUT2D eigenvalue weighted by molar-refractivity contribution is 7.80. The molecule has 0 unspecified atom stereocenters. The number of nitrogens with one attached hydrogen (secondary N) is 1. The van der Waals surface area contributed by atoms with Crippen LogP contribution in [0.2, 0.25) is 10.0 Å². The monoisotopic (exact) mass is 437 g/mol. The Kier molecular flexibility index (Phi) is 8.37. The largest absolute Gasteiger partial charge is 0.379 e. The minimum Gasteiger partial charge on any atom is -0.379 e. The third-order valence-corrected chi connectivity index (χ3v) is 5.65. The summed E-state index contributed by atoms with van der Waals surface area (Å²) < 4.78 is 5.43. The molecule has 3 rings (SSSR count). The lowest BCUT2D eigenvalue weighted by atomic mass is 10.2. The van der Waals surface area contributed by atoms with Crippen molar-refractivity contribution >= 4 is 46.2 Å². The van der Waals surface area contributed by atoms with Crippen molar-refractivity contribution in [3.8, 4) is 0 Å². The average Bonchev–Trinajstić information content (AvgIpc) is 2.69. The molecule has 2 aromatic carbocycles. The highest BCUT2D eigenvalue weighted by Gasteiger charge is 2.15. The van der Waals surface area contributed by atoms with Crippen LogP contribution in [0.3, 0.4) is 0 Å². The summed E-state index contributed by atoms with van der Waals surface area (Å²) in [6.07, 6.45) is 1.02. The van der Waals surface area contributed by atoms with E-state index in [-0.39, 0.29) is 0 Å². The van der Waals surface area contributed by atoms with E-state index in [1.807, 2.05) is 48.5 Å². The zero-order valence-corrected chi connectivity index (χ0v) is 18.1. The van der Waals surface area contributed by atoms with Crippen molar-refractivity contribution in [1.29, 1.82) is 0 Å². The van der Waals surface area contributed by atoms with Crippen LogP contribution in [0, 0.1) is 0 Å². The van der Waals surface area contributed by atoms with Crippen LogP contribution >= 0.6 is 35.4 Å². The molecule has 0 aromatic heterocycles. The molecule has 0 aliphatic carbocycles. The predicted molar refractivity (Wildman–Crippen MR) is 121 cm³/mol. The van der Waals surface area contributed by atoms with Crippen LogP contribution in [0.25, 0.3) is 0 Å². The zero-order chi connectivity index (χ0) is 19.8. The van der Waals surface area contributed by atoms with Gasteiger partial charge < -0.3 is 15.0 Å². The van der Waals surface area contributed by atoms with Gasteiger partial charge in [0.15, 0.2) is 5.11 Å². The first-order valence-electron chi connectivity index (χ1n) is 9.47. The molecule has 1 fully saturated rings. The van der Waals surface area contributed by atoms with Crippen LogP contribution in [-0.2, 0) is 11.3 Å². The number of morpholine rings is 1. The fourth-order valence-corrected chi connectivity index (χ4v) is 3.82. The summed E-state index contributed by atoms with van der Waals surface area (Å²) in [4.78, 5) is 4.60. The fourth-order valence-electron chi connectivity index (χ4n) is 3.16. The van der Waals surface area contributed by atoms with E-state index in [0.29, 0.717) is 16.7 Å². The second kappa shape index (κ2) is 11.0. The molecular formula is C21H25Cl2N3OS. The van der Waals surface area contributed by atoms with E-state index < -0.39 is 0 Å². The number of thiocarbonyl (C=S) groups is 1. The summed E-state index contributed by atoms with van der Waals surface area (Å²) >= 11 is 18.2. The average molecular weight is 438 g/mol. The lowest BCUT2D eigenvalue weighted by Crippen LogP contribution is -2.40. The quantitative estimate of drug-likeness (QED) is 0.620. The van der Waals surface area contributed by atoms with Gasteiger partial charge >= 0.3 is 0 Å². The number of hydrogen-bond acceptors (Lipinski definition) is 3. The van der Waals surface area contributed by atoms with Gasteiger partial charge in [-0.3, -0.25) is 4.90 Å². The number of ether oxygens (including phenoxy) is 1. The van der Waals surface area contributed by atoms with E-state index in [1.165, 1.54) is 0 Å². The van der Waals surface area contributed by atoms with E-state index in [1.54, 1.807) is 0 Å². The summed E-state index contributed by atoms with van der Waals surface area (Å²) in [5.41, 5.74) is 1.95. The molecule has 28 heavy (non-hydrogen) atoms. The maximum absolute atomic E-state index is 6.38. The van der Waals surface area contributed by atoms with Gasteiger partial charge in [0.1, 0.15) is 0 Å². The van der Waals surface area contributed by atoms with Gasteiger partial charge in [0.2, 0.25) is 0 Å². The normalized spacial score (nSPS) is 14.6. The molecular weight excluding hydrogens is 413 g/mol. The minimum absolute atomic E-state index is 0.662. The first-order valence-corrected chi connectivity index (χ1v) is 10.6. The first-order chi connectivity index (χ1) is 13.6. The van der Waals surface area contributed by atoms with E-state index in [0.717, 1.165) is 62.1 Å². The van der Waals surface area contributed by atoms with Crippen LogP contribution in [0.4, 0.5) is 5.69 Å². The highest BCUT2D eigenvalue weighted by atomic mass is 35.5. The van der Waals surface area contributed by atoms with Crippen molar-refractivity contribution in [1.82, 2.24) is 9.80 Å². The summed E-state index contributed by atoms with van der Waals surface area (Å²) in [5.74, 6) is 0. The molecule has 2 aromatic rings. The lowest BCUT2D eigenvalue weighted by Gasteiger charge is -2.30. The summed E-state index contributed by atoms with van der Waals surface area (Å²) in [7, 11) is 0. The molecule has 0 spiro atoms. The van der Waals surface area contributed by atoms with Gasteiger partial charge in [0, 0.05) is 48.5 Å². The van der Waals surface area contributed by atoms with Crippen molar-refractivity contribution in [2.45, 2.75) is 13.0 Å². The summed E-state index contributed by atoms with van der Waals surface area (Å²) in [6.45, 7) is 6.16. The first kappa shape index (κ1) is 21.3. The molecule has 7 heteroatoms. The number of nitrogens with zero attached hydrogens (tertiary/aromatic N) is 2. The second-order valence-electron chi connectivity index (χ2n) is 6.76. The Bertz CT molecular complexity index is 784. The van der Waals surface area contributed by atoms with Crippen molar-refractivity contribution in [2.24, 2.45) is 0 Å². The Hall–Kier alpha value is -1.37. The van der Waals surface area contributed by atoms with E-state index in [4.69, 9.17) is 40.2 Å². The number of rotatable bonds is 7. The van der Waals surface area contributed by atoms with Crippen LogP contribution < -0.4 is 5.32 Å². The predicted octanol–water partition coefficient (Wildman–Crippen LogP) is 4.91. The SMILES string of the molecule is S=C(Nc1cccc(Cl)c1)N(CCCN1CCOCC1)Cc1ccccc1Cl. The highest BCUT2D eigenvalue weighted by Crippen LogP contribution is 2.19. The van der Waals surface area contributed by atoms with E-state index in [2.05, 4.69) is 15.1 Å². The van der Waals surface area contributed by atoms with Gasteiger partial charge in [-0.05, 0) is 48.5 Å². The molecule has 0 saturated carbocycles. The van der Waals surface area contributed by atoms with Gasteiger partial charge in [-0.25, -0.2) is 0 Å². The smallest absolute Gasteiger partial charge is 0.173 e. The maximum Gasteiger partial charge on any atom is 0.173 e. The number of benzene rings is 2. The van der Waals surface area contributed by atoms with Crippen LogP contribution in [0.1, 0.15) is 12.0 Å². The third-order valence-electron chi connectivity index (χ3n) is 4.69. The number of anilines is 1. The minimum atomic E-state index is 0.662. The maximum atomic E-state index is 6.38. The standard InChI is InChI=1S/C21H25Cl2N3OS/c22-18-6-3-7-19(15-18)24-21(28)26(16-17-5-1-2-8-20(17)23)10-4-9-25-11-13-27-14-12-25/h1-3,5-8,15H,4,9-14,16H2,(H,24,28). The molecule has 150 valence electrons. The lowest BCUT2D eigenvalue weighted by molar-refractivity contribution is 0.0368. The van der Waals surface area contributed by atoms with Gasteiger partial charge in [-0.15, -0.1) is 0 Å². The zero-order valence-electron chi connectivity index (χ0n) is 15.7. The van der Waals surface area contributed by atoms with E-state index >= 15 is 0 Å². The number of halogens is 2. The van der Waals surface area contributed by atoms with Crippen LogP contribution in [-0.4, -0.2) is 54.3 Å². The van der Waals surface area contributed by atoms with Gasteiger partial charge in [0.05, 0.1) is 13.2 Å². The Labute approximate surface area is 182 Å². The Balaban J connectivity index is 1.64. The molecule has 1 aliphatic rings. The molecule has 0 amide bonds. The van der Waals surface area contributed by atoms with Gasteiger partial charge in [-0.1, -0.05) is 47.5 Å². The molecule has 1 heterocycles. The summed E-state index contributed by atoms with van der Waals surface area (Å²) in [6, 6.07) is 15.5. The molecule has 1 aliphatic heterocycles. The Morgan fingerprint density at radius 2 is 1.89 bits per heavy atom. The number of hydrogen-bond donors (Lipinski definition) is 1. The second-order valence-corrected chi connectivity index (χ2v) is 7.99. The fraction of sp³-hybridized carbons (Fsp3) is 0.381.